The molecule has 1 fully saturated rings. The Labute approximate surface area is 121 Å². The molecule has 0 aromatic heterocycles. The number of aliphatic hydroxyl groups excluding tert-OH is 1. The van der Waals surface area contributed by atoms with Gasteiger partial charge in [0, 0.05) is 31.2 Å². The van der Waals surface area contributed by atoms with Crippen LogP contribution in [0.3, 0.4) is 0 Å². The van der Waals surface area contributed by atoms with Crippen molar-refractivity contribution in [1.29, 1.82) is 0 Å². The fourth-order valence-corrected chi connectivity index (χ4v) is 3.47. The maximum absolute atomic E-state index is 9.76. The Morgan fingerprint density at radius 2 is 2.15 bits per heavy atom. The van der Waals surface area contributed by atoms with Crippen LogP contribution in [0.25, 0.3) is 0 Å². The summed E-state index contributed by atoms with van der Waals surface area (Å²) in [4.78, 5) is 0. The van der Waals surface area contributed by atoms with Crippen molar-refractivity contribution in [2.75, 3.05) is 26.4 Å². The van der Waals surface area contributed by atoms with Gasteiger partial charge in [-0.25, -0.2) is 0 Å². The van der Waals surface area contributed by atoms with E-state index in [1.165, 1.54) is 29.5 Å². The van der Waals surface area contributed by atoms with Crippen molar-refractivity contribution in [3.05, 3.63) is 34.9 Å². The normalized spacial score (nSPS) is 24.6. The van der Waals surface area contributed by atoms with Crippen LogP contribution in [-0.2, 0) is 11.2 Å². The molecule has 3 nitrogen and oxygen atoms in total. The summed E-state index contributed by atoms with van der Waals surface area (Å²) in [5, 5.41) is 13.5. The molecule has 1 atom stereocenters. The van der Waals surface area contributed by atoms with Crippen LogP contribution in [0.1, 0.15) is 42.0 Å². The summed E-state index contributed by atoms with van der Waals surface area (Å²) in [6.45, 7) is 4.87. The Morgan fingerprint density at radius 1 is 1.35 bits per heavy atom. The molecule has 0 saturated carbocycles. The zero-order valence-corrected chi connectivity index (χ0v) is 12.3. The zero-order valence-electron chi connectivity index (χ0n) is 12.3. The molecule has 3 rings (SSSR count). The molecule has 1 aliphatic carbocycles. The summed E-state index contributed by atoms with van der Waals surface area (Å²) in [6.07, 6.45) is 4.27. The highest BCUT2D eigenvalue weighted by Gasteiger charge is 2.33. The fraction of sp³-hybridized carbons (Fsp3) is 0.647. The summed E-state index contributed by atoms with van der Waals surface area (Å²) in [7, 11) is 0. The van der Waals surface area contributed by atoms with Gasteiger partial charge in [0.05, 0.1) is 6.61 Å². The van der Waals surface area contributed by atoms with Crippen LogP contribution >= 0.6 is 0 Å². The first kappa shape index (κ1) is 14.1. The zero-order chi connectivity index (χ0) is 14.0. The van der Waals surface area contributed by atoms with Gasteiger partial charge in [0.2, 0.25) is 0 Å². The standard InChI is InChI=1S/C17H25NO2/c1-13-2-3-14-4-5-16(15(14)10-13)18-11-17(12-19)6-8-20-9-7-17/h2-3,10,16,18-19H,4-9,11-12H2,1H3. The minimum atomic E-state index is 0.0187. The van der Waals surface area contributed by atoms with Gasteiger partial charge in [0.1, 0.15) is 0 Å². The molecular formula is C17H25NO2. The first-order chi connectivity index (χ1) is 9.72. The molecule has 0 radical (unpaired) electrons. The smallest absolute Gasteiger partial charge is 0.0501 e. The van der Waals surface area contributed by atoms with E-state index in [0.717, 1.165) is 32.6 Å². The number of benzene rings is 1. The monoisotopic (exact) mass is 275 g/mol. The maximum atomic E-state index is 9.76. The Morgan fingerprint density at radius 3 is 2.90 bits per heavy atom. The average Bonchev–Trinajstić information content (AvgIpc) is 2.88. The van der Waals surface area contributed by atoms with Gasteiger partial charge in [-0.3, -0.25) is 0 Å². The second kappa shape index (κ2) is 5.84. The van der Waals surface area contributed by atoms with Crippen LogP contribution in [0.4, 0.5) is 0 Å². The summed E-state index contributed by atoms with van der Waals surface area (Å²) >= 11 is 0. The third kappa shape index (κ3) is 2.76. The van der Waals surface area contributed by atoms with Gasteiger partial charge in [0.15, 0.2) is 0 Å². The van der Waals surface area contributed by atoms with E-state index in [9.17, 15) is 5.11 Å². The molecule has 3 heteroatoms. The number of nitrogens with one attached hydrogen (secondary N) is 1. The molecule has 110 valence electrons. The predicted molar refractivity (Wildman–Crippen MR) is 79.8 cm³/mol. The van der Waals surface area contributed by atoms with Crippen LogP contribution in [-0.4, -0.2) is 31.5 Å². The summed E-state index contributed by atoms with van der Waals surface area (Å²) in [5.41, 5.74) is 4.30. The summed E-state index contributed by atoms with van der Waals surface area (Å²) in [6, 6.07) is 7.24. The highest BCUT2D eigenvalue weighted by molar-refractivity contribution is 5.37. The Bertz CT molecular complexity index is 466. The Hall–Kier alpha value is -0.900. The highest BCUT2D eigenvalue weighted by Crippen LogP contribution is 2.34. The van der Waals surface area contributed by atoms with Crippen LogP contribution in [0.2, 0.25) is 0 Å². The van der Waals surface area contributed by atoms with Crippen molar-refractivity contribution < 1.29 is 9.84 Å². The highest BCUT2D eigenvalue weighted by atomic mass is 16.5. The first-order valence-corrected chi connectivity index (χ1v) is 7.74. The predicted octanol–water partition coefficient (Wildman–Crippen LogP) is 2.36. The number of ether oxygens (including phenoxy) is 1. The molecule has 2 aliphatic rings. The third-order valence-electron chi connectivity index (χ3n) is 4.99. The van der Waals surface area contributed by atoms with E-state index in [0.29, 0.717) is 6.04 Å². The van der Waals surface area contributed by atoms with Crippen molar-refractivity contribution in [3.63, 3.8) is 0 Å². The Kier molecular flexibility index (Phi) is 4.11. The SMILES string of the molecule is Cc1ccc2c(c1)C(NCC1(CO)CCOCC1)CC2. The molecule has 0 bridgehead atoms. The van der Waals surface area contributed by atoms with Crippen LogP contribution < -0.4 is 5.32 Å². The van der Waals surface area contributed by atoms with Crippen molar-refractivity contribution in [2.45, 2.75) is 38.6 Å². The van der Waals surface area contributed by atoms with E-state index < -0.39 is 0 Å². The van der Waals surface area contributed by atoms with Gasteiger partial charge in [-0.2, -0.15) is 0 Å². The topological polar surface area (TPSA) is 41.5 Å². The van der Waals surface area contributed by atoms with Gasteiger partial charge < -0.3 is 15.2 Å². The van der Waals surface area contributed by atoms with E-state index in [4.69, 9.17) is 4.74 Å². The number of aliphatic hydroxyl groups is 1. The number of rotatable bonds is 4. The lowest BCUT2D eigenvalue weighted by atomic mass is 9.80. The van der Waals surface area contributed by atoms with E-state index in [1.807, 2.05) is 0 Å². The molecule has 0 amide bonds. The van der Waals surface area contributed by atoms with Gasteiger partial charge >= 0.3 is 0 Å². The Balaban J connectivity index is 1.66. The van der Waals surface area contributed by atoms with Gasteiger partial charge in [-0.15, -0.1) is 0 Å². The lowest BCUT2D eigenvalue weighted by Crippen LogP contribution is -2.42. The molecule has 1 saturated heterocycles. The lowest BCUT2D eigenvalue weighted by molar-refractivity contribution is -0.0165. The number of aryl methyl sites for hydroxylation is 2. The number of hydrogen-bond donors (Lipinski definition) is 2. The number of fused-ring (bicyclic) bond motifs is 1. The van der Waals surface area contributed by atoms with Crippen molar-refractivity contribution in [2.24, 2.45) is 5.41 Å². The van der Waals surface area contributed by atoms with E-state index in [-0.39, 0.29) is 12.0 Å². The molecular weight excluding hydrogens is 250 g/mol. The second-order valence-corrected chi connectivity index (χ2v) is 6.44. The van der Waals surface area contributed by atoms with Crippen LogP contribution in [0.15, 0.2) is 18.2 Å². The third-order valence-corrected chi connectivity index (χ3v) is 4.99. The second-order valence-electron chi connectivity index (χ2n) is 6.44. The van der Waals surface area contributed by atoms with Gasteiger partial charge in [0.25, 0.3) is 0 Å². The molecule has 1 aliphatic heterocycles. The lowest BCUT2D eigenvalue weighted by Gasteiger charge is -2.36. The van der Waals surface area contributed by atoms with E-state index in [1.54, 1.807) is 0 Å². The summed E-state index contributed by atoms with van der Waals surface area (Å²) in [5.74, 6) is 0. The first-order valence-electron chi connectivity index (χ1n) is 7.74. The average molecular weight is 275 g/mol. The van der Waals surface area contributed by atoms with Crippen molar-refractivity contribution in [1.82, 2.24) is 5.32 Å². The largest absolute Gasteiger partial charge is 0.396 e. The summed E-state index contributed by atoms with van der Waals surface area (Å²) < 4.78 is 5.43. The molecule has 1 unspecified atom stereocenters. The minimum Gasteiger partial charge on any atom is -0.396 e. The van der Waals surface area contributed by atoms with Crippen LogP contribution in [0.5, 0.6) is 0 Å². The fourth-order valence-electron chi connectivity index (χ4n) is 3.47. The van der Waals surface area contributed by atoms with Crippen LogP contribution in [0, 0.1) is 12.3 Å². The number of hydrogen-bond acceptors (Lipinski definition) is 3. The van der Waals surface area contributed by atoms with E-state index >= 15 is 0 Å². The molecule has 1 heterocycles. The quantitative estimate of drug-likeness (QED) is 0.886. The molecule has 1 aromatic carbocycles. The maximum Gasteiger partial charge on any atom is 0.0501 e. The van der Waals surface area contributed by atoms with E-state index in [2.05, 4.69) is 30.4 Å². The van der Waals surface area contributed by atoms with Gasteiger partial charge in [-0.1, -0.05) is 23.8 Å². The van der Waals surface area contributed by atoms with Gasteiger partial charge in [-0.05, 0) is 43.7 Å². The molecule has 0 spiro atoms. The minimum absolute atomic E-state index is 0.0187. The molecule has 20 heavy (non-hydrogen) atoms. The molecule has 2 N–H and O–H groups in total. The van der Waals surface area contributed by atoms with Crippen molar-refractivity contribution in [3.8, 4) is 0 Å². The van der Waals surface area contributed by atoms with Crippen molar-refractivity contribution >= 4 is 0 Å². The molecule has 1 aromatic rings.